The third-order valence-corrected chi connectivity index (χ3v) is 10.4. The van der Waals surface area contributed by atoms with E-state index in [2.05, 4.69) is 112 Å². The molecule has 0 saturated carbocycles. The molecule has 0 N–H and O–H groups in total. The van der Waals surface area contributed by atoms with Crippen molar-refractivity contribution in [3.05, 3.63) is 114 Å². The van der Waals surface area contributed by atoms with Crippen LogP contribution in [0.4, 0.5) is 0 Å². The number of hydrogen-bond acceptors (Lipinski definition) is 2. The Morgan fingerprint density at radius 1 is 0.735 bits per heavy atom. The van der Waals surface area contributed by atoms with E-state index in [4.69, 9.17) is 9.47 Å². The number of aryl methyl sites for hydroxylation is 1. The van der Waals surface area contributed by atoms with Gasteiger partial charge in [0, 0.05) is 17.8 Å². The minimum Gasteiger partial charge on any atom is -0.467 e. The predicted molar refractivity (Wildman–Crippen MR) is 150 cm³/mol. The van der Waals surface area contributed by atoms with Crippen molar-refractivity contribution in [1.29, 1.82) is 0 Å². The molecular weight excluding hydrogens is 454 g/mol. The van der Waals surface area contributed by atoms with Crippen LogP contribution in [-0.2, 0) is 9.89 Å². The number of para-hydroxylation sites is 1. The molecule has 34 heavy (non-hydrogen) atoms. The van der Waals surface area contributed by atoms with E-state index in [1.807, 2.05) is 12.1 Å². The van der Waals surface area contributed by atoms with Crippen LogP contribution in [0.5, 0.6) is 5.75 Å². The maximum Gasteiger partial charge on any atom is 0.188 e. The van der Waals surface area contributed by atoms with Crippen LogP contribution in [0.15, 0.2) is 103 Å². The quantitative estimate of drug-likeness (QED) is 0.214. The van der Waals surface area contributed by atoms with Gasteiger partial charge in [-0.2, -0.15) is 0 Å². The van der Waals surface area contributed by atoms with Crippen molar-refractivity contribution in [2.45, 2.75) is 25.9 Å². The van der Waals surface area contributed by atoms with E-state index in [1.165, 1.54) is 32.3 Å². The van der Waals surface area contributed by atoms with E-state index < -0.39 is 7.92 Å². The van der Waals surface area contributed by atoms with Gasteiger partial charge >= 0.3 is 0 Å². The predicted octanol–water partition coefficient (Wildman–Crippen LogP) is 5.98. The highest BCUT2D eigenvalue weighted by Crippen LogP contribution is 2.46. The molecule has 0 aromatic heterocycles. The molecule has 4 rings (SSSR count). The first-order valence-corrected chi connectivity index (χ1v) is 13.8. The van der Waals surface area contributed by atoms with Crippen molar-refractivity contribution >= 4 is 37.7 Å². The molecule has 174 valence electrons. The average Bonchev–Trinajstić information content (AvgIpc) is 2.86. The lowest BCUT2D eigenvalue weighted by Gasteiger charge is -2.31. The fraction of sp³-hybridized carbons (Fsp3) is 0.200. The van der Waals surface area contributed by atoms with Gasteiger partial charge in [0.1, 0.15) is 5.75 Å². The van der Waals surface area contributed by atoms with Gasteiger partial charge in [-0.15, -0.1) is 0 Å². The van der Waals surface area contributed by atoms with Gasteiger partial charge in [-0.3, -0.25) is 0 Å². The van der Waals surface area contributed by atoms with Crippen molar-refractivity contribution in [1.82, 2.24) is 0 Å². The Morgan fingerprint density at radius 2 is 1.32 bits per heavy atom. The molecule has 0 amide bonds. The SMILES string of the molecule is COCOc1ccccc1C(C)(C)Pc1c(C)cccc1P(c1ccccc1)c1ccccc1. The molecule has 4 aromatic carbocycles. The zero-order valence-corrected chi connectivity index (χ0v) is 22.2. The normalized spacial score (nSPS) is 11.9. The summed E-state index contributed by atoms with van der Waals surface area (Å²) in [5.41, 5.74) is 2.56. The summed E-state index contributed by atoms with van der Waals surface area (Å²) in [5.74, 6) is 0.894. The molecule has 1 atom stereocenters. The molecule has 0 aliphatic heterocycles. The molecule has 4 heteroatoms. The van der Waals surface area contributed by atoms with Crippen molar-refractivity contribution in [2.75, 3.05) is 13.9 Å². The topological polar surface area (TPSA) is 18.5 Å². The number of rotatable bonds is 9. The molecular formula is C30H32O2P2. The molecule has 0 bridgehead atoms. The van der Waals surface area contributed by atoms with Crippen LogP contribution in [-0.4, -0.2) is 13.9 Å². The molecule has 0 heterocycles. The Morgan fingerprint density at radius 3 is 1.94 bits per heavy atom. The molecule has 0 aliphatic rings. The van der Waals surface area contributed by atoms with Crippen LogP contribution in [0.25, 0.3) is 0 Å². The van der Waals surface area contributed by atoms with E-state index in [0.29, 0.717) is 8.58 Å². The minimum absolute atomic E-state index is 0.0976. The maximum absolute atomic E-state index is 5.94. The van der Waals surface area contributed by atoms with Crippen molar-refractivity contribution < 1.29 is 9.47 Å². The summed E-state index contributed by atoms with van der Waals surface area (Å²) in [6, 6.07) is 37.0. The average molecular weight is 487 g/mol. The highest BCUT2D eigenvalue weighted by Gasteiger charge is 2.29. The van der Waals surface area contributed by atoms with Crippen LogP contribution >= 0.6 is 16.5 Å². The van der Waals surface area contributed by atoms with Gasteiger partial charge in [0.25, 0.3) is 0 Å². The van der Waals surface area contributed by atoms with Crippen LogP contribution in [0.3, 0.4) is 0 Å². The number of methoxy groups -OCH3 is 1. The lowest BCUT2D eigenvalue weighted by molar-refractivity contribution is 0.0501. The Kier molecular flexibility index (Phi) is 8.17. The van der Waals surface area contributed by atoms with Crippen molar-refractivity contribution in [3.63, 3.8) is 0 Å². The lowest BCUT2D eigenvalue weighted by Crippen LogP contribution is -2.32. The zero-order chi connectivity index (χ0) is 24.0. The fourth-order valence-electron chi connectivity index (χ4n) is 4.19. The van der Waals surface area contributed by atoms with Gasteiger partial charge in [0.05, 0.1) is 0 Å². The highest BCUT2D eigenvalue weighted by atomic mass is 31.1. The molecule has 1 unspecified atom stereocenters. The summed E-state index contributed by atoms with van der Waals surface area (Å²) >= 11 is 0. The van der Waals surface area contributed by atoms with Gasteiger partial charge in [-0.05, 0) is 47.7 Å². The smallest absolute Gasteiger partial charge is 0.188 e. The summed E-state index contributed by atoms with van der Waals surface area (Å²) in [7, 11) is 1.58. The summed E-state index contributed by atoms with van der Waals surface area (Å²) < 4.78 is 11.1. The van der Waals surface area contributed by atoms with Crippen LogP contribution in [0.1, 0.15) is 25.0 Å². The van der Waals surface area contributed by atoms with Gasteiger partial charge in [0.2, 0.25) is 0 Å². The van der Waals surface area contributed by atoms with Crippen LogP contribution in [0, 0.1) is 6.92 Å². The van der Waals surface area contributed by atoms with E-state index >= 15 is 0 Å². The summed E-state index contributed by atoms with van der Waals surface area (Å²) in [5, 5.41) is 5.55. The van der Waals surface area contributed by atoms with Crippen LogP contribution in [0.2, 0.25) is 0 Å². The first-order chi connectivity index (χ1) is 16.5. The number of ether oxygens (including phenoxy) is 2. The first kappa shape index (κ1) is 24.6. The Labute approximate surface area is 206 Å². The molecule has 0 radical (unpaired) electrons. The van der Waals surface area contributed by atoms with Gasteiger partial charge in [-0.25, -0.2) is 0 Å². The number of benzene rings is 4. The zero-order valence-electron chi connectivity index (χ0n) is 20.3. The van der Waals surface area contributed by atoms with E-state index in [0.717, 1.165) is 5.75 Å². The summed E-state index contributed by atoms with van der Waals surface area (Å²) in [6.07, 6.45) is 0. The highest BCUT2D eigenvalue weighted by molar-refractivity contribution is 7.81. The molecule has 0 spiro atoms. The standard InChI is InChI=1S/C30H32O2P2/c1-23-14-13-21-28(34(24-15-7-5-8-16-24)25-17-9-6-10-18-25)29(23)33-30(2,3)26-19-11-12-20-27(26)32-22-31-4/h5-21,33H,22H2,1-4H3. The fourth-order valence-corrected chi connectivity index (χ4v) is 8.59. The van der Waals surface area contributed by atoms with Crippen molar-refractivity contribution in [3.8, 4) is 5.75 Å². The Hall–Kier alpha value is -2.50. The summed E-state index contributed by atoms with van der Waals surface area (Å²) in [6.45, 7) is 7.14. The van der Waals surface area contributed by atoms with Gasteiger partial charge in [0.15, 0.2) is 6.79 Å². The summed E-state index contributed by atoms with van der Waals surface area (Å²) in [4.78, 5) is 0. The van der Waals surface area contributed by atoms with E-state index in [-0.39, 0.29) is 11.9 Å². The van der Waals surface area contributed by atoms with E-state index in [9.17, 15) is 0 Å². The molecule has 2 nitrogen and oxygen atoms in total. The van der Waals surface area contributed by atoms with Gasteiger partial charge < -0.3 is 9.47 Å². The first-order valence-electron chi connectivity index (χ1n) is 11.5. The Bertz CT molecular complexity index is 1170. The molecule has 0 fully saturated rings. The third-order valence-electron chi connectivity index (χ3n) is 5.85. The van der Waals surface area contributed by atoms with Crippen LogP contribution < -0.4 is 26.0 Å². The Balaban J connectivity index is 1.81. The molecule has 4 aromatic rings. The number of hydrogen-bond donors (Lipinski definition) is 0. The second-order valence-corrected chi connectivity index (χ2v) is 13.0. The molecule has 0 saturated heterocycles. The second kappa shape index (κ2) is 11.3. The monoisotopic (exact) mass is 486 g/mol. The lowest BCUT2D eigenvalue weighted by atomic mass is 10.0. The molecule has 0 aliphatic carbocycles. The van der Waals surface area contributed by atoms with Crippen molar-refractivity contribution in [2.24, 2.45) is 0 Å². The maximum atomic E-state index is 5.94. The van der Waals surface area contributed by atoms with Gasteiger partial charge in [-0.1, -0.05) is 119 Å². The van der Waals surface area contributed by atoms with E-state index in [1.54, 1.807) is 7.11 Å². The third kappa shape index (κ3) is 5.59. The minimum atomic E-state index is -0.666. The second-order valence-electron chi connectivity index (χ2n) is 8.77. The largest absolute Gasteiger partial charge is 0.467 e.